The summed E-state index contributed by atoms with van der Waals surface area (Å²) < 4.78 is 0. The fourth-order valence-electron chi connectivity index (χ4n) is 1.83. The number of nitrogens with zero attached hydrogens (tertiary/aromatic N) is 2. The van der Waals surface area contributed by atoms with Gasteiger partial charge in [-0.05, 0) is 24.3 Å². The Labute approximate surface area is 136 Å². The molecule has 2 N–H and O–H groups in total. The van der Waals surface area contributed by atoms with E-state index in [-0.39, 0.29) is 5.75 Å². The molecule has 0 spiro atoms. The summed E-state index contributed by atoms with van der Waals surface area (Å²) in [6.07, 6.45) is 1.55. The van der Waals surface area contributed by atoms with Crippen LogP contribution in [0.15, 0.2) is 59.0 Å². The van der Waals surface area contributed by atoms with Crippen LogP contribution in [-0.2, 0) is 0 Å². The van der Waals surface area contributed by atoms with E-state index in [1.807, 2.05) is 35.7 Å². The van der Waals surface area contributed by atoms with Crippen molar-refractivity contribution in [1.82, 2.24) is 4.98 Å². The summed E-state index contributed by atoms with van der Waals surface area (Å²) in [4.78, 5) is 4.45. The van der Waals surface area contributed by atoms with Crippen LogP contribution in [0, 0.1) is 0 Å². The van der Waals surface area contributed by atoms with Crippen LogP contribution in [-0.4, -0.2) is 16.3 Å². The SMILES string of the molecule is Oc1ccccc1/C=N\Nc1nc(-c2ccc(Cl)cc2)cs1. The number of halogens is 1. The zero-order valence-corrected chi connectivity index (χ0v) is 13.0. The number of phenols is 1. The van der Waals surface area contributed by atoms with E-state index in [9.17, 15) is 5.11 Å². The Kier molecular flexibility index (Phi) is 4.37. The van der Waals surface area contributed by atoms with Gasteiger partial charge in [0.25, 0.3) is 0 Å². The third-order valence-electron chi connectivity index (χ3n) is 2.94. The lowest BCUT2D eigenvalue weighted by Crippen LogP contribution is -1.90. The minimum atomic E-state index is 0.189. The Bertz CT molecular complexity index is 799. The van der Waals surface area contributed by atoms with Crippen molar-refractivity contribution in [3.05, 3.63) is 64.5 Å². The predicted molar refractivity (Wildman–Crippen MR) is 91.9 cm³/mol. The minimum absolute atomic E-state index is 0.189. The molecule has 1 aromatic heterocycles. The molecule has 2 aromatic carbocycles. The first-order valence-corrected chi connectivity index (χ1v) is 7.77. The van der Waals surface area contributed by atoms with Gasteiger partial charge in [0.1, 0.15) is 5.75 Å². The number of thiazole rings is 1. The number of hydrogen-bond acceptors (Lipinski definition) is 5. The van der Waals surface area contributed by atoms with Crippen LogP contribution in [0.25, 0.3) is 11.3 Å². The number of aromatic hydroxyl groups is 1. The van der Waals surface area contributed by atoms with Crippen molar-refractivity contribution >= 4 is 34.3 Å². The highest BCUT2D eigenvalue weighted by Gasteiger charge is 2.03. The number of phenolic OH excluding ortho intramolecular Hbond substituents is 1. The molecule has 4 nitrogen and oxygen atoms in total. The van der Waals surface area contributed by atoms with Crippen LogP contribution in [0.5, 0.6) is 5.75 Å². The maximum absolute atomic E-state index is 9.64. The second-order valence-electron chi connectivity index (χ2n) is 4.47. The molecule has 0 aliphatic carbocycles. The number of para-hydroxylation sites is 1. The molecular formula is C16H12ClN3OS. The van der Waals surface area contributed by atoms with Gasteiger partial charge < -0.3 is 5.11 Å². The molecule has 0 aliphatic heterocycles. The van der Waals surface area contributed by atoms with E-state index in [0.717, 1.165) is 11.3 Å². The van der Waals surface area contributed by atoms with Crippen LogP contribution in [0.2, 0.25) is 5.02 Å². The smallest absolute Gasteiger partial charge is 0.203 e. The molecule has 0 atom stereocenters. The van der Waals surface area contributed by atoms with Crippen LogP contribution in [0.3, 0.4) is 0 Å². The van der Waals surface area contributed by atoms with Crippen LogP contribution in [0.1, 0.15) is 5.56 Å². The minimum Gasteiger partial charge on any atom is -0.507 e. The van der Waals surface area contributed by atoms with Gasteiger partial charge in [-0.1, -0.05) is 35.9 Å². The largest absolute Gasteiger partial charge is 0.507 e. The van der Waals surface area contributed by atoms with Gasteiger partial charge in [0, 0.05) is 21.5 Å². The van der Waals surface area contributed by atoms with E-state index < -0.39 is 0 Å². The fourth-order valence-corrected chi connectivity index (χ4v) is 2.63. The maximum Gasteiger partial charge on any atom is 0.203 e. The molecule has 0 radical (unpaired) electrons. The summed E-state index contributed by atoms with van der Waals surface area (Å²) in [5.74, 6) is 0.189. The molecular weight excluding hydrogens is 318 g/mol. The van der Waals surface area contributed by atoms with Crippen molar-refractivity contribution in [2.75, 3.05) is 5.43 Å². The molecule has 0 saturated heterocycles. The molecule has 0 fully saturated rings. The second kappa shape index (κ2) is 6.60. The Balaban J connectivity index is 1.70. The molecule has 0 aliphatic rings. The first-order valence-electron chi connectivity index (χ1n) is 6.51. The van der Waals surface area contributed by atoms with Gasteiger partial charge in [-0.3, -0.25) is 5.43 Å². The first-order chi connectivity index (χ1) is 10.7. The van der Waals surface area contributed by atoms with E-state index in [0.29, 0.717) is 15.7 Å². The molecule has 0 saturated carbocycles. The predicted octanol–water partition coefficient (Wildman–Crippen LogP) is 4.62. The quantitative estimate of drug-likeness (QED) is 0.542. The lowest BCUT2D eigenvalue weighted by atomic mass is 10.2. The third-order valence-corrected chi connectivity index (χ3v) is 3.94. The van der Waals surface area contributed by atoms with E-state index >= 15 is 0 Å². The second-order valence-corrected chi connectivity index (χ2v) is 5.77. The molecule has 0 unspecified atom stereocenters. The fraction of sp³-hybridized carbons (Fsp3) is 0. The Morgan fingerprint density at radius 2 is 1.91 bits per heavy atom. The van der Waals surface area contributed by atoms with Crippen LogP contribution >= 0.6 is 22.9 Å². The van der Waals surface area contributed by atoms with Crippen molar-refractivity contribution in [2.24, 2.45) is 5.10 Å². The molecule has 0 bridgehead atoms. The summed E-state index contributed by atoms with van der Waals surface area (Å²) >= 11 is 7.33. The van der Waals surface area contributed by atoms with Crippen molar-refractivity contribution in [3.8, 4) is 17.0 Å². The van der Waals surface area contributed by atoms with Gasteiger partial charge in [0.15, 0.2) is 0 Å². The van der Waals surface area contributed by atoms with Crippen molar-refractivity contribution in [3.63, 3.8) is 0 Å². The Morgan fingerprint density at radius 1 is 1.14 bits per heavy atom. The van der Waals surface area contributed by atoms with Gasteiger partial charge in [-0.25, -0.2) is 4.98 Å². The highest BCUT2D eigenvalue weighted by atomic mass is 35.5. The lowest BCUT2D eigenvalue weighted by molar-refractivity contribution is 0.474. The maximum atomic E-state index is 9.64. The summed E-state index contributed by atoms with van der Waals surface area (Å²) in [5, 5.41) is 17.0. The van der Waals surface area contributed by atoms with Gasteiger partial charge in [0.2, 0.25) is 5.13 Å². The lowest BCUT2D eigenvalue weighted by Gasteiger charge is -1.98. The van der Waals surface area contributed by atoms with Crippen molar-refractivity contribution in [2.45, 2.75) is 0 Å². The Morgan fingerprint density at radius 3 is 2.68 bits per heavy atom. The Hall–Kier alpha value is -2.37. The summed E-state index contributed by atoms with van der Waals surface area (Å²) in [6.45, 7) is 0. The zero-order valence-electron chi connectivity index (χ0n) is 11.4. The van der Waals surface area contributed by atoms with E-state index in [2.05, 4.69) is 15.5 Å². The van der Waals surface area contributed by atoms with Crippen LogP contribution < -0.4 is 5.43 Å². The number of hydrazone groups is 1. The normalized spacial score (nSPS) is 11.0. The molecule has 1 heterocycles. The number of nitrogens with one attached hydrogen (secondary N) is 1. The highest BCUT2D eigenvalue weighted by molar-refractivity contribution is 7.14. The number of anilines is 1. The first kappa shape index (κ1) is 14.6. The standard InChI is InChI=1S/C16H12ClN3OS/c17-13-7-5-11(6-8-13)14-10-22-16(19-14)20-18-9-12-3-1-2-4-15(12)21/h1-10,21H,(H,19,20)/b18-9-. The summed E-state index contributed by atoms with van der Waals surface area (Å²) in [5.41, 5.74) is 5.37. The highest BCUT2D eigenvalue weighted by Crippen LogP contribution is 2.26. The molecule has 0 amide bonds. The van der Waals surface area contributed by atoms with Gasteiger partial charge in [0.05, 0.1) is 11.9 Å². The topological polar surface area (TPSA) is 57.5 Å². The van der Waals surface area contributed by atoms with Gasteiger partial charge >= 0.3 is 0 Å². The number of rotatable bonds is 4. The molecule has 6 heteroatoms. The number of benzene rings is 2. The van der Waals surface area contributed by atoms with Gasteiger partial charge in [-0.2, -0.15) is 5.10 Å². The monoisotopic (exact) mass is 329 g/mol. The molecule has 110 valence electrons. The number of hydrogen-bond donors (Lipinski definition) is 2. The molecule has 3 aromatic rings. The van der Waals surface area contributed by atoms with E-state index in [4.69, 9.17) is 11.6 Å². The zero-order chi connectivity index (χ0) is 15.4. The number of aromatic nitrogens is 1. The van der Waals surface area contributed by atoms with Gasteiger partial charge in [-0.15, -0.1) is 11.3 Å². The third kappa shape index (κ3) is 3.44. The van der Waals surface area contributed by atoms with E-state index in [1.165, 1.54) is 11.3 Å². The van der Waals surface area contributed by atoms with Crippen LogP contribution in [0.4, 0.5) is 5.13 Å². The summed E-state index contributed by atoms with van der Waals surface area (Å²) in [6, 6.07) is 14.5. The average Bonchev–Trinajstić information content (AvgIpc) is 2.99. The van der Waals surface area contributed by atoms with Crippen molar-refractivity contribution < 1.29 is 5.11 Å². The van der Waals surface area contributed by atoms with Crippen molar-refractivity contribution in [1.29, 1.82) is 0 Å². The average molecular weight is 330 g/mol. The van der Waals surface area contributed by atoms with E-state index in [1.54, 1.807) is 24.4 Å². The molecule has 22 heavy (non-hydrogen) atoms. The summed E-state index contributed by atoms with van der Waals surface area (Å²) in [7, 11) is 0. The molecule has 3 rings (SSSR count).